The summed E-state index contributed by atoms with van der Waals surface area (Å²) in [6.45, 7) is 5.73. The Morgan fingerprint density at radius 2 is 2.09 bits per heavy atom. The van der Waals surface area contributed by atoms with Crippen LogP contribution in [-0.2, 0) is 4.74 Å². The Hall–Kier alpha value is -0.380. The van der Waals surface area contributed by atoms with Gasteiger partial charge in [0, 0.05) is 5.92 Å². The van der Waals surface area contributed by atoms with Gasteiger partial charge in [0.05, 0.1) is 18.8 Å². The van der Waals surface area contributed by atoms with Gasteiger partial charge in [-0.25, -0.2) is 0 Å². The van der Waals surface area contributed by atoms with E-state index in [2.05, 4.69) is 6.58 Å². The van der Waals surface area contributed by atoms with Crippen molar-refractivity contribution in [3.63, 3.8) is 0 Å². The lowest BCUT2D eigenvalue weighted by molar-refractivity contribution is -0.146. The lowest BCUT2D eigenvalue weighted by Gasteiger charge is -2.34. The topological polar surface area (TPSA) is 49.7 Å². The van der Waals surface area contributed by atoms with Crippen LogP contribution < -0.4 is 0 Å². The van der Waals surface area contributed by atoms with E-state index in [4.69, 9.17) is 4.74 Å². The standard InChI is InChI=1S/C8H14O3/c1-3-6-4-11-5(2)7(9)8(6)10/h3,5-10H,1,4H2,2H3. The highest BCUT2D eigenvalue weighted by Crippen LogP contribution is 2.20. The van der Waals surface area contributed by atoms with E-state index in [1.165, 1.54) is 0 Å². The molecule has 0 bridgehead atoms. The molecule has 64 valence electrons. The fraction of sp³-hybridized carbons (Fsp3) is 0.750. The van der Waals surface area contributed by atoms with Crippen LogP contribution in [0.3, 0.4) is 0 Å². The fourth-order valence-corrected chi connectivity index (χ4v) is 1.20. The average molecular weight is 158 g/mol. The van der Waals surface area contributed by atoms with Crippen LogP contribution in [0.4, 0.5) is 0 Å². The molecule has 1 aliphatic heterocycles. The summed E-state index contributed by atoms with van der Waals surface area (Å²) < 4.78 is 5.18. The summed E-state index contributed by atoms with van der Waals surface area (Å²) in [6, 6.07) is 0. The third-order valence-electron chi connectivity index (χ3n) is 2.12. The Labute approximate surface area is 66.3 Å². The van der Waals surface area contributed by atoms with Gasteiger partial charge < -0.3 is 14.9 Å². The van der Waals surface area contributed by atoms with E-state index in [0.29, 0.717) is 6.61 Å². The van der Waals surface area contributed by atoms with Crippen molar-refractivity contribution in [1.82, 2.24) is 0 Å². The van der Waals surface area contributed by atoms with E-state index in [0.717, 1.165) is 0 Å². The Morgan fingerprint density at radius 1 is 1.45 bits per heavy atom. The van der Waals surface area contributed by atoms with Gasteiger partial charge in [0.1, 0.15) is 6.10 Å². The molecule has 1 saturated heterocycles. The van der Waals surface area contributed by atoms with E-state index < -0.39 is 12.2 Å². The second kappa shape index (κ2) is 3.34. The maximum atomic E-state index is 9.41. The molecule has 11 heavy (non-hydrogen) atoms. The third kappa shape index (κ3) is 1.61. The molecule has 4 unspecified atom stereocenters. The van der Waals surface area contributed by atoms with Gasteiger partial charge in [-0.05, 0) is 6.92 Å². The molecule has 4 atom stereocenters. The number of rotatable bonds is 1. The quantitative estimate of drug-likeness (QED) is 0.525. The van der Waals surface area contributed by atoms with E-state index in [9.17, 15) is 10.2 Å². The monoisotopic (exact) mass is 158 g/mol. The summed E-state index contributed by atoms with van der Waals surface area (Å²) in [6.07, 6.45) is -0.177. The van der Waals surface area contributed by atoms with Gasteiger partial charge in [-0.1, -0.05) is 6.08 Å². The minimum absolute atomic E-state index is 0.138. The molecule has 0 aliphatic carbocycles. The van der Waals surface area contributed by atoms with E-state index in [1.807, 2.05) is 0 Å². The van der Waals surface area contributed by atoms with Crippen molar-refractivity contribution in [2.24, 2.45) is 5.92 Å². The van der Waals surface area contributed by atoms with Crippen LogP contribution in [-0.4, -0.2) is 35.1 Å². The van der Waals surface area contributed by atoms with Crippen molar-refractivity contribution in [3.8, 4) is 0 Å². The lowest BCUT2D eigenvalue weighted by atomic mass is 9.93. The summed E-state index contributed by atoms with van der Waals surface area (Å²) in [7, 11) is 0. The fourth-order valence-electron chi connectivity index (χ4n) is 1.20. The van der Waals surface area contributed by atoms with Crippen LogP contribution in [0.2, 0.25) is 0 Å². The first-order valence-corrected chi connectivity index (χ1v) is 3.77. The number of ether oxygens (including phenoxy) is 1. The Bertz CT molecular complexity index is 146. The van der Waals surface area contributed by atoms with Crippen LogP contribution in [0.1, 0.15) is 6.92 Å². The van der Waals surface area contributed by atoms with E-state index >= 15 is 0 Å². The summed E-state index contributed by atoms with van der Waals surface area (Å²) in [5, 5.41) is 18.7. The summed E-state index contributed by atoms with van der Waals surface area (Å²) in [5.41, 5.74) is 0. The molecule has 1 aliphatic rings. The molecule has 2 N–H and O–H groups in total. The average Bonchev–Trinajstić information content (AvgIpc) is 2.01. The Morgan fingerprint density at radius 3 is 2.64 bits per heavy atom. The molecule has 0 amide bonds. The lowest BCUT2D eigenvalue weighted by Crippen LogP contribution is -2.48. The largest absolute Gasteiger partial charge is 0.390 e. The third-order valence-corrected chi connectivity index (χ3v) is 2.12. The van der Waals surface area contributed by atoms with Gasteiger partial charge in [0.15, 0.2) is 0 Å². The molecule has 1 heterocycles. The Balaban J connectivity index is 2.58. The Kier molecular flexibility index (Phi) is 2.65. The molecule has 3 heteroatoms. The molecule has 0 aromatic rings. The zero-order valence-corrected chi connectivity index (χ0v) is 6.60. The van der Waals surface area contributed by atoms with E-state index in [1.54, 1.807) is 13.0 Å². The SMILES string of the molecule is C=CC1COC(C)C(O)C1O. The van der Waals surface area contributed by atoms with Crippen molar-refractivity contribution in [2.45, 2.75) is 25.2 Å². The maximum Gasteiger partial charge on any atom is 0.106 e. The number of hydrogen-bond acceptors (Lipinski definition) is 3. The molecule has 0 saturated carbocycles. The van der Waals surface area contributed by atoms with Crippen LogP contribution in [0.15, 0.2) is 12.7 Å². The molecular weight excluding hydrogens is 144 g/mol. The van der Waals surface area contributed by atoms with Crippen LogP contribution >= 0.6 is 0 Å². The van der Waals surface area contributed by atoms with Crippen molar-refractivity contribution >= 4 is 0 Å². The molecule has 3 nitrogen and oxygen atoms in total. The van der Waals surface area contributed by atoms with Gasteiger partial charge >= 0.3 is 0 Å². The van der Waals surface area contributed by atoms with Gasteiger partial charge in [0.2, 0.25) is 0 Å². The highest BCUT2D eigenvalue weighted by molar-refractivity contribution is 4.93. The minimum Gasteiger partial charge on any atom is -0.390 e. The normalized spacial score (nSPS) is 45.4. The zero-order chi connectivity index (χ0) is 8.43. The predicted octanol–water partition coefficient (Wildman–Crippen LogP) is -0.0709. The predicted molar refractivity (Wildman–Crippen MR) is 41.1 cm³/mol. The van der Waals surface area contributed by atoms with Gasteiger partial charge in [0.25, 0.3) is 0 Å². The highest BCUT2D eigenvalue weighted by atomic mass is 16.5. The van der Waals surface area contributed by atoms with Gasteiger partial charge in [-0.3, -0.25) is 0 Å². The van der Waals surface area contributed by atoms with E-state index in [-0.39, 0.29) is 12.0 Å². The summed E-state index contributed by atoms with van der Waals surface area (Å²) >= 11 is 0. The molecule has 0 spiro atoms. The summed E-state index contributed by atoms with van der Waals surface area (Å²) in [5.74, 6) is -0.138. The molecule has 1 fully saturated rings. The number of aliphatic hydroxyl groups excluding tert-OH is 2. The number of hydrogen-bond donors (Lipinski definition) is 2. The minimum atomic E-state index is -0.785. The molecule has 0 aromatic carbocycles. The molecule has 0 radical (unpaired) electrons. The van der Waals surface area contributed by atoms with Crippen LogP contribution in [0.25, 0.3) is 0 Å². The summed E-state index contributed by atoms with van der Waals surface area (Å²) in [4.78, 5) is 0. The van der Waals surface area contributed by atoms with Crippen molar-refractivity contribution in [3.05, 3.63) is 12.7 Å². The van der Waals surface area contributed by atoms with Gasteiger partial charge in [-0.15, -0.1) is 6.58 Å². The molecule has 1 rings (SSSR count). The van der Waals surface area contributed by atoms with Crippen molar-refractivity contribution in [1.29, 1.82) is 0 Å². The van der Waals surface area contributed by atoms with Gasteiger partial charge in [-0.2, -0.15) is 0 Å². The second-order valence-corrected chi connectivity index (χ2v) is 2.92. The van der Waals surface area contributed by atoms with Crippen molar-refractivity contribution < 1.29 is 14.9 Å². The maximum absolute atomic E-state index is 9.41. The second-order valence-electron chi connectivity index (χ2n) is 2.92. The molecule has 0 aromatic heterocycles. The first kappa shape index (κ1) is 8.71. The first-order chi connectivity index (χ1) is 5.16. The number of aliphatic hydroxyl groups is 2. The zero-order valence-electron chi connectivity index (χ0n) is 6.60. The first-order valence-electron chi connectivity index (χ1n) is 3.77. The highest BCUT2D eigenvalue weighted by Gasteiger charge is 2.34. The smallest absolute Gasteiger partial charge is 0.106 e. The van der Waals surface area contributed by atoms with Crippen LogP contribution in [0, 0.1) is 5.92 Å². The van der Waals surface area contributed by atoms with Crippen molar-refractivity contribution in [2.75, 3.05) is 6.61 Å². The van der Waals surface area contributed by atoms with Crippen LogP contribution in [0.5, 0.6) is 0 Å². The molecular formula is C8H14O3.